The predicted molar refractivity (Wildman–Crippen MR) is 111 cm³/mol. The monoisotopic (exact) mass is 486 g/mol. The maximum atomic E-state index is 11.9. The van der Waals surface area contributed by atoms with Crippen molar-refractivity contribution in [1.82, 2.24) is 15.5 Å². The van der Waals surface area contributed by atoms with Crippen molar-refractivity contribution in [1.29, 1.82) is 0 Å². The van der Waals surface area contributed by atoms with E-state index in [4.69, 9.17) is 0 Å². The fourth-order valence-corrected chi connectivity index (χ4v) is 4.82. The van der Waals surface area contributed by atoms with Gasteiger partial charge < -0.3 is 15.5 Å². The van der Waals surface area contributed by atoms with E-state index < -0.39 is 9.84 Å². The first-order chi connectivity index (χ1) is 11.5. The van der Waals surface area contributed by atoms with Crippen molar-refractivity contribution in [2.24, 2.45) is 4.99 Å². The Labute approximate surface area is 168 Å². The number of sulfone groups is 1. The van der Waals surface area contributed by atoms with E-state index in [1.807, 2.05) is 11.8 Å². The molecular weight excluding hydrogens is 455 g/mol. The quantitative estimate of drug-likeness (QED) is 0.254. The molecular formula is C16H31IN4O3S. The number of halogens is 1. The number of nitrogens with one attached hydrogen (secondary N) is 2. The Morgan fingerprint density at radius 2 is 2.12 bits per heavy atom. The van der Waals surface area contributed by atoms with Crippen LogP contribution >= 0.6 is 24.0 Å². The number of carbonyl (C=O) groups excluding carboxylic acids is 1. The highest BCUT2D eigenvalue weighted by Gasteiger charge is 2.28. The largest absolute Gasteiger partial charge is 0.357 e. The van der Waals surface area contributed by atoms with Crippen LogP contribution in [0.1, 0.15) is 45.4 Å². The normalized spacial score (nSPS) is 23.7. The number of aliphatic imine (C=N–C) groups is 1. The van der Waals surface area contributed by atoms with Crippen molar-refractivity contribution in [3.05, 3.63) is 0 Å². The number of nitrogens with zero attached hydrogens (tertiary/aromatic N) is 2. The highest BCUT2D eigenvalue weighted by molar-refractivity contribution is 14.0. The lowest BCUT2D eigenvalue weighted by Gasteiger charge is -2.20. The molecule has 2 N–H and O–H groups in total. The molecule has 2 heterocycles. The molecule has 2 rings (SSSR count). The van der Waals surface area contributed by atoms with Gasteiger partial charge in [0.1, 0.15) is 0 Å². The summed E-state index contributed by atoms with van der Waals surface area (Å²) in [5.74, 6) is 1.36. The Bertz CT molecular complexity index is 554. The van der Waals surface area contributed by atoms with Gasteiger partial charge in [-0.15, -0.1) is 24.0 Å². The molecule has 1 amide bonds. The summed E-state index contributed by atoms with van der Waals surface area (Å²) >= 11 is 0. The van der Waals surface area contributed by atoms with E-state index in [0.29, 0.717) is 25.3 Å². The summed E-state index contributed by atoms with van der Waals surface area (Å²) in [6.07, 6.45) is 5.37. The molecule has 2 saturated heterocycles. The van der Waals surface area contributed by atoms with Crippen LogP contribution in [0.3, 0.4) is 0 Å². The van der Waals surface area contributed by atoms with Crippen molar-refractivity contribution in [2.75, 3.05) is 37.7 Å². The van der Waals surface area contributed by atoms with Crippen molar-refractivity contribution < 1.29 is 13.2 Å². The number of likely N-dealkylation sites (tertiary alicyclic amines) is 1. The number of guanidine groups is 1. The average molecular weight is 486 g/mol. The van der Waals surface area contributed by atoms with Crippen LogP contribution in [0, 0.1) is 0 Å². The lowest BCUT2D eigenvalue weighted by atomic mass is 10.2. The van der Waals surface area contributed by atoms with Crippen molar-refractivity contribution in [3.8, 4) is 0 Å². The van der Waals surface area contributed by atoms with Gasteiger partial charge in [-0.25, -0.2) is 8.42 Å². The number of rotatable bonds is 6. The fraction of sp³-hybridized carbons (Fsp3) is 0.875. The first kappa shape index (κ1) is 22.5. The smallest absolute Gasteiger partial charge is 0.222 e. The van der Waals surface area contributed by atoms with E-state index in [1.165, 1.54) is 0 Å². The Balaban J connectivity index is 0.00000312. The molecule has 7 nitrogen and oxygen atoms in total. The molecule has 2 aliphatic heterocycles. The third-order valence-corrected chi connectivity index (χ3v) is 6.21. The number of hydrogen-bond donors (Lipinski definition) is 2. The van der Waals surface area contributed by atoms with Crippen LogP contribution in [-0.4, -0.2) is 68.9 Å². The fourth-order valence-electron chi connectivity index (χ4n) is 3.15. The van der Waals surface area contributed by atoms with E-state index in [-0.39, 0.29) is 47.4 Å². The van der Waals surface area contributed by atoms with Crippen LogP contribution in [0.2, 0.25) is 0 Å². The molecule has 0 bridgehead atoms. The van der Waals surface area contributed by atoms with Gasteiger partial charge in [-0.1, -0.05) is 6.42 Å². The lowest BCUT2D eigenvalue weighted by Crippen LogP contribution is -2.44. The minimum absolute atomic E-state index is 0. The maximum Gasteiger partial charge on any atom is 0.222 e. The summed E-state index contributed by atoms with van der Waals surface area (Å²) < 4.78 is 23.1. The Morgan fingerprint density at radius 3 is 2.80 bits per heavy atom. The van der Waals surface area contributed by atoms with Gasteiger partial charge in [0, 0.05) is 38.6 Å². The highest BCUT2D eigenvalue weighted by atomic mass is 127. The van der Waals surface area contributed by atoms with E-state index in [9.17, 15) is 13.2 Å². The second-order valence-electron chi connectivity index (χ2n) is 6.55. The van der Waals surface area contributed by atoms with Crippen LogP contribution in [0.4, 0.5) is 0 Å². The first-order valence-corrected chi connectivity index (χ1v) is 10.9. The molecule has 0 aromatic rings. The molecule has 0 saturated carbocycles. The molecule has 0 aliphatic carbocycles. The summed E-state index contributed by atoms with van der Waals surface area (Å²) in [6.45, 7) is 4.95. The van der Waals surface area contributed by atoms with E-state index >= 15 is 0 Å². The number of carbonyl (C=O) groups is 1. The third-order valence-electron chi connectivity index (χ3n) is 4.44. The topological polar surface area (TPSA) is 90.9 Å². The minimum atomic E-state index is -2.89. The predicted octanol–water partition coefficient (Wildman–Crippen LogP) is 1.14. The van der Waals surface area contributed by atoms with Gasteiger partial charge in [-0.05, 0) is 32.6 Å². The lowest BCUT2D eigenvalue weighted by molar-refractivity contribution is -0.130. The van der Waals surface area contributed by atoms with Gasteiger partial charge in [0.2, 0.25) is 5.91 Å². The minimum Gasteiger partial charge on any atom is -0.357 e. The van der Waals surface area contributed by atoms with Crippen LogP contribution in [0.25, 0.3) is 0 Å². The molecule has 9 heteroatoms. The molecule has 1 atom stereocenters. The second-order valence-corrected chi connectivity index (χ2v) is 8.78. The van der Waals surface area contributed by atoms with Gasteiger partial charge in [0.15, 0.2) is 15.8 Å². The number of amides is 1. The van der Waals surface area contributed by atoms with Crippen LogP contribution in [0.5, 0.6) is 0 Å². The van der Waals surface area contributed by atoms with E-state index in [0.717, 1.165) is 45.3 Å². The van der Waals surface area contributed by atoms with Gasteiger partial charge in [-0.2, -0.15) is 0 Å². The molecule has 0 aromatic carbocycles. The van der Waals surface area contributed by atoms with Gasteiger partial charge in [-0.3, -0.25) is 9.79 Å². The zero-order valence-corrected chi connectivity index (χ0v) is 18.1. The molecule has 25 heavy (non-hydrogen) atoms. The Kier molecular flexibility index (Phi) is 10.1. The van der Waals surface area contributed by atoms with Gasteiger partial charge >= 0.3 is 0 Å². The molecule has 0 radical (unpaired) electrons. The Hall–Kier alpha value is -0.580. The van der Waals surface area contributed by atoms with Crippen molar-refractivity contribution in [2.45, 2.75) is 51.5 Å². The summed E-state index contributed by atoms with van der Waals surface area (Å²) in [5, 5.41) is 6.37. The van der Waals surface area contributed by atoms with E-state index in [1.54, 1.807) is 0 Å². The zero-order chi connectivity index (χ0) is 17.4. The molecule has 2 aliphatic rings. The van der Waals surface area contributed by atoms with Crippen molar-refractivity contribution >= 4 is 45.7 Å². The van der Waals surface area contributed by atoms with Crippen LogP contribution < -0.4 is 10.6 Å². The molecule has 1 unspecified atom stereocenters. The zero-order valence-electron chi connectivity index (χ0n) is 15.0. The van der Waals surface area contributed by atoms with Crippen LogP contribution in [-0.2, 0) is 14.6 Å². The van der Waals surface area contributed by atoms with Gasteiger partial charge in [0.05, 0.1) is 11.5 Å². The van der Waals surface area contributed by atoms with E-state index in [2.05, 4.69) is 15.6 Å². The maximum absolute atomic E-state index is 11.9. The molecule has 0 spiro atoms. The third kappa shape index (κ3) is 8.10. The molecule has 0 aromatic heterocycles. The average Bonchev–Trinajstić information content (AvgIpc) is 2.74. The van der Waals surface area contributed by atoms with Crippen molar-refractivity contribution in [3.63, 3.8) is 0 Å². The van der Waals surface area contributed by atoms with Crippen LogP contribution in [0.15, 0.2) is 4.99 Å². The second kappa shape index (κ2) is 11.2. The molecule has 2 fully saturated rings. The van der Waals surface area contributed by atoms with Gasteiger partial charge in [0.25, 0.3) is 0 Å². The summed E-state index contributed by atoms with van der Waals surface area (Å²) in [6, 6.07) is -0.0556. The number of hydrogen-bond acceptors (Lipinski definition) is 4. The summed E-state index contributed by atoms with van der Waals surface area (Å²) in [7, 11) is -2.89. The SMILES string of the molecule is CCNC(=NCCCN1CCCCCC1=O)NC1CCS(=O)(=O)C1.I. The summed E-state index contributed by atoms with van der Waals surface area (Å²) in [4.78, 5) is 18.4. The molecule has 146 valence electrons. The standard InChI is InChI=1S/C16H30N4O3S.HI/c1-2-17-16(19-14-8-12-24(22,23)13-14)18-9-6-11-20-10-5-3-4-7-15(20)21;/h14H,2-13H2,1H3,(H2,17,18,19);1H. The first-order valence-electron chi connectivity index (χ1n) is 9.03. The summed E-state index contributed by atoms with van der Waals surface area (Å²) in [5.41, 5.74) is 0. The Morgan fingerprint density at radius 1 is 1.32 bits per heavy atom. The highest BCUT2D eigenvalue weighted by Crippen LogP contribution is 2.12.